The molecule has 0 bridgehead atoms. The Morgan fingerprint density at radius 3 is 2.83 bits per heavy atom. The van der Waals surface area contributed by atoms with Crippen LogP contribution in [0, 0.1) is 0 Å². The molecule has 1 aliphatic rings. The van der Waals surface area contributed by atoms with E-state index in [2.05, 4.69) is 15.2 Å². The largest absolute Gasteiger partial charge is 0.379 e. The van der Waals surface area contributed by atoms with E-state index in [0.29, 0.717) is 19.8 Å². The van der Waals surface area contributed by atoms with Crippen molar-refractivity contribution in [3.05, 3.63) is 18.2 Å². The van der Waals surface area contributed by atoms with Crippen molar-refractivity contribution in [2.75, 3.05) is 39.9 Å². The summed E-state index contributed by atoms with van der Waals surface area (Å²) >= 11 is 0. The van der Waals surface area contributed by atoms with Gasteiger partial charge in [0.1, 0.15) is 5.82 Å². The van der Waals surface area contributed by atoms with Crippen LogP contribution in [-0.2, 0) is 11.3 Å². The third kappa shape index (κ3) is 4.87. The van der Waals surface area contributed by atoms with Crippen LogP contribution < -0.4 is 5.32 Å². The number of amides is 2. The Hall–Kier alpha value is -1.74. The van der Waals surface area contributed by atoms with Crippen LogP contribution in [-0.4, -0.2) is 71.3 Å². The van der Waals surface area contributed by atoms with Gasteiger partial charge in [-0.25, -0.2) is 9.78 Å². The van der Waals surface area contributed by atoms with Crippen LogP contribution in [0.15, 0.2) is 12.4 Å². The lowest BCUT2D eigenvalue weighted by atomic mass is 10.2. The van der Waals surface area contributed by atoms with Crippen molar-refractivity contribution >= 4 is 6.03 Å². The molecule has 1 atom stereocenters. The minimum atomic E-state index is -2.66. The fourth-order valence-corrected chi connectivity index (χ4v) is 2.45. The lowest BCUT2D eigenvalue weighted by Crippen LogP contribution is -2.49. The molecule has 2 amide bonds. The van der Waals surface area contributed by atoms with Gasteiger partial charge in [-0.15, -0.1) is 0 Å². The first-order chi connectivity index (χ1) is 11.0. The average Bonchev–Trinajstić information content (AvgIpc) is 3.01. The Balaban J connectivity index is 1.79. The quantitative estimate of drug-likeness (QED) is 0.849. The summed E-state index contributed by atoms with van der Waals surface area (Å²) in [5, 5.41) is 2.82. The highest BCUT2D eigenvalue weighted by molar-refractivity contribution is 5.73. The summed E-state index contributed by atoms with van der Waals surface area (Å²) in [4.78, 5) is 19.5. The number of imidazole rings is 1. The Labute approximate surface area is 134 Å². The maximum absolute atomic E-state index is 12.8. The second kappa shape index (κ2) is 8.21. The molecule has 0 aliphatic carbocycles. The molecule has 0 spiro atoms. The van der Waals surface area contributed by atoms with Gasteiger partial charge in [0.25, 0.3) is 0 Å². The third-order valence-corrected chi connectivity index (χ3v) is 3.90. The molecule has 0 radical (unpaired) electrons. The topological polar surface area (TPSA) is 62.6 Å². The van der Waals surface area contributed by atoms with Crippen LogP contribution in [0.25, 0.3) is 0 Å². The second-order valence-electron chi connectivity index (χ2n) is 5.57. The van der Waals surface area contributed by atoms with Crippen LogP contribution in [0.1, 0.15) is 19.3 Å². The molecule has 1 fully saturated rings. The lowest BCUT2D eigenvalue weighted by Gasteiger charge is -2.32. The van der Waals surface area contributed by atoms with E-state index in [0.717, 1.165) is 17.7 Å². The minimum absolute atomic E-state index is 0.0229. The predicted molar refractivity (Wildman–Crippen MR) is 80.2 cm³/mol. The highest BCUT2D eigenvalue weighted by Crippen LogP contribution is 2.13. The number of rotatable bonds is 6. The fraction of sp³-hybridized carbons (Fsp3) is 0.714. The van der Waals surface area contributed by atoms with Crippen molar-refractivity contribution in [1.82, 2.24) is 24.7 Å². The van der Waals surface area contributed by atoms with Crippen LogP contribution >= 0.6 is 0 Å². The maximum Gasteiger partial charge on any atom is 0.319 e. The zero-order valence-corrected chi connectivity index (χ0v) is 13.4. The number of aromatic nitrogens is 2. The zero-order valence-electron chi connectivity index (χ0n) is 13.4. The van der Waals surface area contributed by atoms with E-state index in [-0.39, 0.29) is 24.4 Å². The van der Waals surface area contributed by atoms with Gasteiger partial charge >= 0.3 is 12.6 Å². The third-order valence-electron chi connectivity index (χ3n) is 3.90. The van der Waals surface area contributed by atoms with E-state index in [1.54, 1.807) is 7.05 Å². The second-order valence-corrected chi connectivity index (χ2v) is 5.57. The van der Waals surface area contributed by atoms with Gasteiger partial charge in [0.15, 0.2) is 0 Å². The van der Waals surface area contributed by atoms with Gasteiger partial charge in [0, 0.05) is 45.1 Å². The summed E-state index contributed by atoms with van der Waals surface area (Å²) in [7, 11) is 1.55. The molecular weight excluding hydrogens is 308 g/mol. The number of urea groups is 1. The van der Waals surface area contributed by atoms with Gasteiger partial charge in [-0.1, -0.05) is 0 Å². The maximum atomic E-state index is 12.8. The molecule has 1 aliphatic heterocycles. The Morgan fingerprint density at radius 1 is 1.48 bits per heavy atom. The standard InChI is InChI=1S/C14H23F2N5O2/c1-11(20-5-7-23-8-6-20)9-18-14(22)19(2)10-12-17-3-4-21(12)13(15)16/h3-4,11,13H,5-10H2,1-2H3,(H,18,22). The number of hydrogen-bond donors (Lipinski definition) is 1. The average molecular weight is 331 g/mol. The number of ether oxygens (including phenoxy) is 1. The molecule has 1 unspecified atom stereocenters. The van der Waals surface area contributed by atoms with Gasteiger partial charge < -0.3 is 15.0 Å². The number of nitrogens with one attached hydrogen (secondary N) is 1. The summed E-state index contributed by atoms with van der Waals surface area (Å²) < 4.78 is 31.6. The summed E-state index contributed by atoms with van der Waals surface area (Å²) in [5.41, 5.74) is 0. The number of morpholine rings is 1. The predicted octanol–water partition coefficient (Wildman–Crippen LogP) is 1.14. The van der Waals surface area contributed by atoms with E-state index >= 15 is 0 Å². The van der Waals surface area contributed by atoms with Crippen molar-refractivity contribution in [2.45, 2.75) is 26.1 Å². The summed E-state index contributed by atoms with van der Waals surface area (Å²) in [6.45, 7) is 2.99. The molecule has 1 N–H and O–H groups in total. The first-order valence-electron chi connectivity index (χ1n) is 7.59. The molecule has 2 heterocycles. The number of carbonyl (C=O) groups is 1. The van der Waals surface area contributed by atoms with E-state index in [9.17, 15) is 13.6 Å². The van der Waals surface area contributed by atoms with Crippen molar-refractivity contribution in [3.8, 4) is 0 Å². The smallest absolute Gasteiger partial charge is 0.319 e. The van der Waals surface area contributed by atoms with E-state index in [4.69, 9.17) is 4.74 Å². The molecule has 2 rings (SSSR count). The summed E-state index contributed by atoms with van der Waals surface area (Å²) in [6.07, 6.45) is 2.50. The van der Waals surface area contributed by atoms with Crippen molar-refractivity contribution in [2.24, 2.45) is 0 Å². The molecule has 0 aromatic carbocycles. The van der Waals surface area contributed by atoms with Crippen molar-refractivity contribution < 1.29 is 18.3 Å². The lowest BCUT2D eigenvalue weighted by molar-refractivity contribution is 0.0207. The van der Waals surface area contributed by atoms with Crippen LogP contribution in [0.3, 0.4) is 0 Å². The Morgan fingerprint density at radius 2 is 2.17 bits per heavy atom. The highest BCUT2D eigenvalue weighted by Gasteiger charge is 2.19. The van der Waals surface area contributed by atoms with Gasteiger partial charge in [-0.05, 0) is 6.92 Å². The van der Waals surface area contributed by atoms with E-state index < -0.39 is 6.55 Å². The SMILES string of the molecule is CC(CNC(=O)N(C)Cc1nccn1C(F)F)N1CCOCC1. The molecule has 9 heteroatoms. The number of halogens is 2. The van der Waals surface area contributed by atoms with Gasteiger partial charge in [-0.2, -0.15) is 8.78 Å². The summed E-state index contributed by atoms with van der Waals surface area (Å²) in [6, 6.07) is -0.117. The molecule has 130 valence electrons. The van der Waals surface area contributed by atoms with Gasteiger partial charge in [0.2, 0.25) is 0 Å². The molecular formula is C14H23F2N5O2. The van der Waals surface area contributed by atoms with Gasteiger partial charge in [-0.3, -0.25) is 9.47 Å². The first-order valence-corrected chi connectivity index (χ1v) is 7.59. The van der Waals surface area contributed by atoms with Gasteiger partial charge in [0.05, 0.1) is 19.8 Å². The highest BCUT2D eigenvalue weighted by atomic mass is 19.3. The fourth-order valence-electron chi connectivity index (χ4n) is 2.45. The Bertz CT molecular complexity index is 505. The summed E-state index contributed by atoms with van der Waals surface area (Å²) in [5.74, 6) is 0.152. The molecule has 7 nitrogen and oxygen atoms in total. The molecule has 23 heavy (non-hydrogen) atoms. The number of carbonyl (C=O) groups excluding carboxylic acids is 1. The number of nitrogens with zero attached hydrogens (tertiary/aromatic N) is 4. The van der Waals surface area contributed by atoms with Crippen molar-refractivity contribution in [3.63, 3.8) is 0 Å². The Kier molecular flexibility index (Phi) is 6.28. The molecule has 0 saturated carbocycles. The number of alkyl halides is 2. The molecule has 1 saturated heterocycles. The van der Waals surface area contributed by atoms with Crippen LogP contribution in [0.4, 0.5) is 13.6 Å². The van der Waals surface area contributed by atoms with E-state index in [1.807, 2.05) is 6.92 Å². The normalized spacial score (nSPS) is 17.3. The van der Waals surface area contributed by atoms with E-state index in [1.165, 1.54) is 17.3 Å². The van der Waals surface area contributed by atoms with Crippen LogP contribution in [0.2, 0.25) is 0 Å². The minimum Gasteiger partial charge on any atom is -0.379 e. The molecule has 1 aromatic rings. The first kappa shape index (κ1) is 17.6. The molecule has 1 aromatic heterocycles. The monoisotopic (exact) mass is 331 g/mol. The number of hydrogen-bond acceptors (Lipinski definition) is 4. The van der Waals surface area contributed by atoms with Crippen LogP contribution in [0.5, 0.6) is 0 Å². The van der Waals surface area contributed by atoms with Crippen molar-refractivity contribution in [1.29, 1.82) is 0 Å². The zero-order chi connectivity index (χ0) is 16.8.